The van der Waals surface area contributed by atoms with E-state index in [-0.39, 0.29) is 5.91 Å². The van der Waals surface area contributed by atoms with Crippen LogP contribution in [-0.4, -0.2) is 24.1 Å². The van der Waals surface area contributed by atoms with Crippen LogP contribution in [0.25, 0.3) is 0 Å². The van der Waals surface area contributed by atoms with Gasteiger partial charge in [0.1, 0.15) is 5.75 Å². The number of aryl methyl sites for hydroxylation is 2. The predicted octanol–water partition coefficient (Wildman–Crippen LogP) is 3.90. The fourth-order valence-electron chi connectivity index (χ4n) is 3.13. The zero-order valence-electron chi connectivity index (χ0n) is 16.3. The second-order valence-corrected chi connectivity index (χ2v) is 6.79. The van der Waals surface area contributed by atoms with E-state index in [1.165, 1.54) is 0 Å². The molecule has 2 rings (SSSR count). The smallest absolute Gasteiger partial charge is 0.306 e. The fraction of sp³-hybridized carbons (Fsp3) is 0.364. The van der Waals surface area contributed by atoms with E-state index in [0.717, 1.165) is 22.3 Å². The van der Waals surface area contributed by atoms with Crippen LogP contribution in [0, 0.1) is 19.8 Å². The van der Waals surface area contributed by atoms with E-state index in [2.05, 4.69) is 5.32 Å². The van der Waals surface area contributed by atoms with Crippen LogP contribution in [0.5, 0.6) is 5.75 Å². The number of benzene rings is 2. The summed E-state index contributed by atoms with van der Waals surface area (Å²) in [6, 6.07) is 11.3. The molecule has 0 saturated carbocycles. The highest BCUT2D eigenvalue weighted by atomic mass is 16.5. The van der Waals surface area contributed by atoms with Gasteiger partial charge in [-0.25, -0.2) is 0 Å². The predicted molar refractivity (Wildman–Crippen MR) is 105 cm³/mol. The summed E-state index contributed by atoms with van der Waals surface area (Å²) < 4.78 is 5.39. The third kappa shape index (κ3) is 5.33. The number of carboxylic acids is 1. The van der Waals surface area contributed by atoms with Gasteiger partial charge in [-0.3, -0.25) is 9.59 Å². The Morgan fingerprint density at radius 2 is 1.89 bits per heavy atom. The molecule has 0 saturated heterocycles. The summed E-state index contributed by atoms with van der Waals surface area (Å²) in [5.41, 5.74) is 4.43. The normalized spacial score (nSPS) is 11.7. The summed E-state index contributed by atoms with van der Waals surface area (Å²) in [4.78, 5) is 23.8. The van der Waals surface area contributed by atoms with Crippen LogP contribution in [0.3, 0.4) is 0 Å². The summed E-state index contributed by atoms with van der Waals surface area (Å²) in [6.45, 7) is 6.09. The van der Waals surface area contributed by atoms with Gasteiger partial charge in [0.25, 0.3) is 5.91 Å². The number of carboxylic acid groups (broad SMARTS) is 1. The van der Waals surface area contributed by atoms with Gasteiger partial charge in [0.05, 0.1) is 13.0 Å². The Labute approximate surface area is 160 Å². The Morgan fingerprint density at radius 1 is 1.15 bits per heavy atom. The van der Waals surface area contributed by atoms with Crippen molar-refractivity contribution in [3.63, 3.8) is 0 Å². The summed E-state index contributed by atoms with van der Waals surface area (Å²) in [5, 5.41) is 12.2. The van der Waals surface area contributed by atoms with Crippen molar-refractivity contribution in [1.82, 2.24) is 5.32 Å². The number of nitrogens with one attached hydrogen (secondary N) is 1. The van der Waals surface area contributed by atoms with Gasteiger partial charge in [0.2, 0.25) is 0 Å². The van der Waals surface area contributed by atoms with Crippen molar-refractivity contribution in [3.05, 3.63) is 64.2 Å². The number of carbonyl (C=O) groups is 2. The third-order valence-electron chi connectivity index (χ3n) is 4.73. The van der Waals surface area contributed by atoms with Crippen molar-refractivity contribution in [2.75, 3.05) is 7.11 Å². The molecule has 0 heterocycles. The van der Waals surface area contributed by atoms with Crippen LogP contribution in [0.15, 0.2) is 36.4 Å². The summed E-state index contributed by atoms with van der Waals surface area (Å²) in [6.07, 6.45) is 1.02. The molecule has 0 bridgehead atoms. The number of hydrogen-bond donors (Lipinski definition) is 2. The number of hydrogen-bond acceptors (Lipinski definition) is 3. The Morgan fingerprint density at radius 3 is 2.48 bits per heavy atom. The van der Waals surface area contributed by atoms with Gasteiger partial charge in [0, 0.05) is 17.7 Å². The lowest BCUT2D eigenvalue weighted by Gasteiger charge is -2.15. The molecule has 0 aromatic heterocycles. The van der Waals surface area contributed by atoms with Gasteiger partial charge in [-0.05, 0) is 49.9 Å². The molecular weight excluding hydrogens is 342 g/mol. The molecule has 5 nitrogen and oxygen atoms in total. The van der Waals surface area contributed by atoms with Crippen molar-refractivity contribution in [3.8, 4) is 5.75 Å². The molecule has 0 radical (unpaired) electrons. The van der Waals surface area contributed by atoms with Crippen LogP contribution in [0.2, 0.25) is 0 Å². The molecule has 27 heavy (non-hydrogen) atoms. The van der Waals surface area contributed by atoms with Crippen LogP contribution >= 0.6 is 0 Å². The van der Waals surface area contributed by atoms with E-state index >= 15 is 0 Å². The van der Waals surface area contributed by atoms with Crippen molar-refractivity contribution < 1.29 is 19.4 Å². The van der Waals surface area contributed by atoms with Crippen LogP contribution in [0.1, 0.15) is 46.0 Å². The van der Waals surface area contributed by atoms with E-state index in [1.54, 1.807) is 7.11 Å². The summed E-state index contributed by atoms with van der Waals surface area (Å²) in [5.74, 6) is -0.686. The van der Waals surface area contributed by atoms with E-state index in [0.29, 0.717) is 30.7 Å². The molecule has 0 fully saturated rings. The molecule has 1 atom stereocenters. The molecule has 0 aliphatic rings. The minimum atomic E-state index is -0.794. The number of aliphatic carboxylic acids is 1. The van der Waals surface area contributed by atoms with Crippen molar-refractivity contribution in [2.24, 2.45) is 5.92 Å². The Hall–Kier alpha value is -2.82. The number of rotatable bonds is 8. The van der Waals surface area contributed by atoms with Gasteiger partial charge >= 0.3 is 5.97 Å². The highest BCUT2D eigenvalue weighted by Gasteiger charge is 2.17. The van der Waals surface area contributed by atoms with E-state index < -0.39 is 11.9 Å². The average Bonchev–Trinajstić information content (AvgIpc) is 2.63. The molecule has 144 valence electrons. The Kier molecular flexibility index (Phi) is 6.99. The number of methoxy groups -OCH3 is 1. The van der Waals surface area contributed by atoms with Gasteiger partial charge in [0.15, 0.2) is 0 Å². The number of ether oxygens (including phenoxy) is 1. The van der Waals surface area contributed by atoms with Crippen molar-refractivity contribution in [1.29, 1.82) is 0 Å². The molecule has 1 amide bonds. The van der Waals surface area contributed by atoms with Crippen LogP contribution in [-0.2, 0) is 17.8 Å². The van der Waals surface area contributed by atoms with Gasteiger partial charge in [-0.15, -0.1) is 0 Å². The molecule has 2 aromatic rings. The highest BCUT2D eigenvalue weighted by Crippen LogP contribution is 2.23. The summed E-state index contributed by atoms with van der Waals surface area (Å²) >= 11 is 0. The molecule has 2 aromatic carbocycles. The van der Waals surface area contributed by atoms with Crippen molar-refractivity contribution >= 4 is 11.9 Å². The monoisotopic (exact) mass is 369 g/mol. The lowest BCUT2D eigenvalue weighted by Crippen LogP contribution is -2.24. The maximum atomic E-state index is 12.5. The highest BCUT2D eigenvalue weighted by molar-refractivity contribution is 5.95. The number of amides is 1. The average molecular weight is 369 g/mol. The molecule has 0 aliphatic heterocycles. The lowest BCUT2D eigenvalue weighted by atomic mass is 9.95. The first-order valence-electron chi connectivity index (χ1n) is 9.09. The first kappa shape index (κ1) is 20.5. The zero-order chi connectivity index (χ0) is 20.0. The van der Waals surface area contributed by atoms with Gasteiger partial charge in [-0.2, -0.15) is 0 Å². The summed E-state index contributed by atoms with van der Waals surface area (Å²) in [7, 11) is 1.58. The molecule has 0 spiro atoms. The van der Waals surface area contributed by atoms with Gasteiger partial charge in [-0.1, -0.05) is 36.8 Å². The first-order valence-corrected chi connectivity index (χ1v) is 9.09. The second-order valence-electron chi connectivity index (χ2n) is 6.79. The molecular formula is C22H27NO4. The largest absolute Gasteiger partial charge is 0.496 e. The Bertz CT molecular complexity index is 829. The fourth-order valence-corrected chi connectivity index (χ4v) is 3.13. The second kappa shape index (κ2) is 9.21. The first-order chi connectivity index (χ1) is 12.8. The maximum absolute atomic E-state index is 12.5. The topological polar surface area (TPSA) is 75.6 Å². The van der Waals surface area contributed by atoms with Crippen LogP contribution < -0.4 is 10.1 Å². The minimum Gasteiger partial charge on any atom is -0.496 e. The molecule has 0 aliphatic carbocycles. The van der Waals surface area contributed by atoms with E-state index in [4.69, 9.17) is 4.74 Å². The lowest BCUT2D eigenvalue weighted by molar-refractivity contribution is -0.141. The molecule has 1 unspecified atom stereocenters. The van der Waals surface area contributed by atoms with Gasteiger partial charge < -0.3 is 15.2 Å². The quantitative estimate of drug-likeness (QED) is 0.740. The maximum Gasteiger partial charge on any atom is 0.306 e. The van der Waals surface area contributed by atoms with E-state index in [1.807, 2.05) is 57.2 Å². The molecule has 2 N–H and O–H groups in total. The number of carbonyl (C=O) groups excluding carboxylic acids is 1. The SMILES string of the molecule is CCC(Cc1ccc(OC)c(CNC(=O)c2ccc(C)cc2C)c1)C(=O)O. The minimum absolute atomic E-state index is 0.142. The molecule has 5 heteroatoms. The van der Waals surface area contributed by atoms with E-state index in [9.17, 15) is 14.7 Å². The van der Waals surface area contributed by atoms with Crippen molar-refractivity contribution in [2.45, 2.75) is 40.2 Å². The Balaban J connectivity index is 2.15. The standard InChI is InChI=1S/C22H27NO4/c1-5-17(22(25)26)11-16-7-9-20(27-4)18(12-16)13-23-21(24)19-8-6-14(2)10-15(19)3/h6-10,12,17H,5,11,13H2,1-4H3,(H,23,24)(H,25,26). The van der Waals surface area contributed by atoms with Crippen LogP contribution in [0.4, 0.5) is 0 Å². The zero-order valence-corrected chi connectivity index (χ0v) is 16.3. The third-order valence-corrected chi connectivity index (χ3v) is 4.73.